The Balaban J connectivity index is 2.16. The van der Waals surface area contributed by atoms with Gasteiger partial charge in [0.2, 0.25) is 0 Å². The number of fused-ring (bicyclic) bond motifs is 1. The van der Waals surface area contributed by atoms with E-state index in [0.717, 1.165) is 6.42 Å². The SMILES string of the molecule is NC1=N[C@](CF)(c2cc(N)ccc2F)C2C[C@@H]2S1. The van der Waals surface area contributed by atoms with Gasteiger partial charge in [-0.15, -0.1) is 0 Å². The largest absolute Gasteiger partial charge is 0.399 e. The zero-order valence-corrected chi connectivity index (χ0v) is 10.4. The Labute approximate surface area is 108 Å². The molecule has 1 unspecified atom stereocenters. The summed E-state index contributed by atoms with van der Waals surface area (Å²) in [6.45, 7) is -0.754. The number of alkyl halides is 1. The lowest BCUT2D eigenvalue weighted by atomic mass is 9.86. The maximum absolute atomic E-state index is 14.0. The van der Waals surface area contributed by atoms with Crippen LogP contribution in [0, 0.1) is 11.7 Å². The third-order valence-electron chi connectivity index (χ3n) is 3.59. The molecule has 0 radical (unpaired) electrons. The van der Waals surface area contributed by atoms with Gasteiger partial charge in [-0.05, 0) is 24.6 Å². The number of nitrogens with two attached hydrogens (primary N) is 2. The van der Waals surface area contributed by atoms with E-state index in [1.54, 1.807) is 0 Å². The van der Waals surface area contributed by atoms with E-state index in [-0.39, 0.29) is 16.7 Å². The summed E-state index contributed by atoms with van der Waals surface area (Å²) in [5.41, 5.74) is 10.8. The number of rotatable bonds is 2. The molecule has 18 heavy (non-hydrogen) atoms. The summed E-state index contributed by atoms with van der Waals surface area (Å²) in [6.07, 6.45) is 0.813. The van der Waals surface area contributed by atoms with E-state index in [4.69, 9.17) is 11.5 Å². The zero-order valence-electron chi connectivity index (χ0n) is 9.57. The summed E-state index contributed by atoms with van der Waals surface area (Å²) in [7, 11) is 0. The van der Waals surface area contributed by atoms with E-state index < -0.39 is 18.0 Å². The number of nitrogen functional groups attached to an aromatic ring is 1. The summed E-state index contributed by atoms with van der Waals surface area (Å²) >= 11 is 1.45. The van der Waals surface area contributed by atoms with E-state index in [1.165, 1.54) is 30.0 Å². The number of hydrogen-bond acceptors (Lipinski definition) is 4. The van der Waals surface area contributed by atoms with E-state index in [9.17, 15) is 8.78 Å². The molecule has 1 aliphatic heterocycles. The first kappa shape index (κ1) is 11.8. The van der Waals surface area contributed by atoms with Gasteiger partial charge < -0.3 is 11.5 Å². The average molecular weight is 269 g/mol. The Morgan fingerprint density at radius 2 is 2.22 bits per heavy atom. The number of thioether (sulfide) groups is 1. The lowest BCUT2D eigenvalue weighted by molar-refractivity contribution is 0.272. The van der Waals surface area contributed by atoms with Crippen LogP contribution in [0.25, 0.3) is 0 Å². The average Bonchev–Trinajstić information content (AvgIpc) is 3.10. The van der Waals surface area contributed by atoms with Crippen molar-refractivity contribution < 1.29 is 8.78 Å². The topological polar surface area (TPSA) is 64.4 Å². The molecule has 4 N–H and O–H groups in total. The van der Waals surface area contributed by atoms with Crippen LogP contribution >= 0.6 is 11.8 Å². The monoisotopic (exact) mass is 269 g/mol. The molecule has 3 rings (SSSR count). The molecule has 0 amide bonds. The molecule has 0 saturated heterocycles. The molecule has 1 aromatic carbocycles. The van der Waals surface area contributed by atoms with Crippen molar-refractivity contribution in [3.63, 3.8) is 0 Å². The quantitative estimate of drug-likeness (QED) is 0.807. The zero-order chi connectivity index (χ0) is 12.9. The third kappa shape index (κ3) is 1.59. The second-order valence-electron chi connectivity index (χ2n) is 4.75. The fourth-order valence-electron chi connectivity index (χ4n) is 2.60. The minimum atomic E-state index is -1.18. The highest BCUT2D eigenvalue weighted by molar-refractivity contribution is 8.14. The van der Waals surface area contributed by atoms with Crippen molar-refractivity contribution in [2.45, 2.75) is 17.2 Å². The Kier molecular flexibility index (Phi) is 2.52. The van der Waals surface area contributed by atoms with Crippen molar-refractivity contribution >= 4 is 22.6 Å². The normalized spacial score (nSPS) is 33.8. The Morgan fingerprint density at radius 3 is 2.94 bits per heavy atom. The van der Waals surface area contributed by atoms with Crippen LogP contribution in [-0.2, 0) is 5.54 Å². The molecule has 3 nitrogen and oxygen atoms in total. The minimum absolute atomic E-state index is 0.0103. The van der Waals surface area contributed by atoms with Crippen molar-refractivity contribution in [2.75, 3.05) is 12.4 Å². The van der Waals surface area contributed by atoms with Crippen molar-refractivity contribution in [1.82, 2.24) is 0 Å². The molecular weight excluding hydrogens is 256 g/mol. The van der Waals surface area contributed by atoms with Gasteiger partial charge in [-0.25, -0.2) is 13.8 Å². The predicted octanol–water partition coefficient (Wildman–Crippen LogP) is 2.02. The molecule has 0 spiro atoms. The highest BCUT2D eigenvalue weighted by atomic mass is 32.2. The van der Waals surface area contributed by atoms with Gasteiger partial charge in [0.05, 0.1) is 0 Å². The molecule has 1 saturated carbocycles. The fourth-order valence-corrected chi connectivity index (χ4v) is 3.82. The van der Waals surface area contributed by atoms with Crippen LogP contribution in [0.15, 0.2) is 23.2 Å². The molecule has 3 atom stereocenters. The third-order valence-corrected chi connectivity index (χ3v) is 4.74. The maximum Gasteiger partial charge on any atom is 0.155 e. The second-order valence-corrected chi connectivity index (χ2v) is 6.01. The molecule has 0 bridgehead atoms. The Hall–Kier alpha value is -1.30. The highest BCUT2D eigenvalue weighted by Crippen LogP contribution is 2.58. The van der Waals surface area contributed by atoms with Crippen LogP contribution in [0.5, 0.6) is 0 Å². The van der Waals surface area contributed by atoms with Gasteiger partial charge in [0.15, 0.2) is 5.17 Å². The van der Waals surface area contributed by atoms with E-state index in [2.05, 4.69) is 4.99 Å². The first-order valence-corrected chi connectivity index (χ1v) is 6.58. The van der Waals surface area contributed by atoms with Crippen molar-refractivity contribution in [1.29, 1.82) is 0 Å². The number of benzene rings is 1. The minimum Gasteiger partial charge on any atom is -0.399 e. The summed E-state index contributed by atoms with van der Waals surface area (Å²) in [4.78, 5) is 4.21. The summed E-state index contributed by atoms with van der Waals surface area (Å²) < 4.78 is 27.6. The van der Waals surface area contributed by atoms with Gasteiger partial charge in [-0.2, -0.15) is 0 Å². The van der Waals surface area contributed by atoms with Crippen LogP contribution in [0.2, 0.25) is 0 Å². The molecular formula is C12H13F2N3S. The standard InChI is InChI=1S/C12H13F2N3S/c13-5-12(7-3-6(15)1-2-9(7)14)8-4-10(8)18-11(16)17-12/h1-3,8,10H,4-5,15H2,(H2,16,17)/t8?,10-,12+/m0/s1. The Bertz CT molecular complexity index is 534. The molecule has 1 aliphatic carbocycles. The van der Waals surface area contributed by atoms with Gasteiger partial charge in [0.1, 0.15) is 18.0 Å². The van der Waals surface area contributed by atoms with Crippen molar-refractivity contribution in [2.24, 2.45) is 16.6 Å². The highest BCUT2D eigenvalue weighted by Gasteiger charge is 2.58. The number of anilines is 1. The number of amidine groups is 1. The lowest BCUT2D eigenvalue weighted by Gasteiger charge is -2.31. The first-order chi connectivity index (χ1) is 8.56. The molecule has 1 fully saturated rings. The number of aliphatic imine (C=N–C) groups is 1. The molecule has 1 aromatic rings. The first-order valence-electron chi connectivity index (χ1n) is 5.70. The van der Waals surface area contributed by atoms with Crippen molar-refractivity contribution in [3.8, 4) is 0 Å². The van der Waals surface area contributed by atoms with E-state index in [1.807, 2.05) is 0 Å². The van der Waals surface area contributed by atoms with Crippen molar-refractivity contribution in [3.05, 3.63) is 29.6 Å². The number of halogens is 2. The van der Waals surface area contributed by atoms with E-state index >= 15 is 0 Å². The Morgan fingerprint density at radius 1 is 1.44 bits per heavy atom. The van der Waals surface area contributed by atoms with Gasteiger partial charge in [-0.3, -0.25) is 0 Å². The summed E-state index contributed by atoms with van der Waals surface area (Å²) in [5.74, 6) is -0.466. The van der Waals surface area contributed by atoms with Crippen LogP contribution in [0.4, 0.5) is 14.5 Å². The predicted molar refractivity (Wildman–Crippen MR) is 69.6 cm³/mol. The molecule has 96 valence electrons. The van der Waals surface area contributed by atoms with Gasteiger partial charge in [0.25, 0.3) is 0 Å². The smallest absolute Gasteiger partial charge is 0.155 e. The summed E-state index contributed by atoms with van der Waals surface area (Å²) in [5, 5.41) is 0.576. The van der Waals surface area contributed by atoms with Gasteiger partial charge >= 0.3 is 0 Å². The van der Waals surface area contributed by atoms with Crippen LogP contribution in [-0.4, -0.2) is 17.1 Å². The summed E-state index contributed by atoms with van der Waals surface area (Å²) in [6, 6.07) is 4.18. The second kappa shape index (κ2) is 3.85. The van der Waals surface area contributed by atoms with Gasteiger partial charge in [-0.1, -0.05) is 11.8 Å². The van der Waals surface area contributed by atoms with Crippen LogP contribution in [0.1, 0.15) is 12.0 Å². The van der Waals surface area contributed by atoms with Crippen LogP contribution < -0.4 is 11.5 Å². The maximum atomic E-state index is 14.0. The number of hydrogen-bond donors (Lipinski definition) is 2. The molecule has 1 heterocycles. The molecule has 2 aliphatic rings. The molecule has 6 heteroatoms. The fraction of sp³-hybridized carbons (Fsp3) is 0.417. The number of nitrogens with zero attached hydrogens (tertiary/aromatic N) is 1. The van der Waals surface area contributed by atoms with Gasteiger partial charge in [0, 0.05) is 22.4 Å². The molecule has 0 aromatic heterocycles. The lowest BCUT2D eigenvalue weighted by Crippen LogP contribution is -2.36. The van der Waals surface area contributed by atoms with E-state index in [0.29, 0.717) is 10.9 Å². The van der Waals surface area contributed by atoms with Crippen LogP contribution in [0.3, 0.4) is 0 Å².